The van der Waals surface area contributed by atoms with Gasteiger partial charge in [0, 0.05) is 19.1 Å². The first-order valence-corrected chi connectivity index (χ1v) is 7.26. The van der Waals surface area contributed by atoms with E-state index in [-0.39, 0.29) is 24.4 Å². The maximum atomic E-state index is 12.8. The number of alkyl halides is 2. The highest BCUT2D eigenvalue weighted by Crippen LogP contribution is 2.19. The summed E-state index contributed by atoms with van der Waals surface area (Å²) >= 11 is 5.16. The van der Waals surface area contributed by atoms with Crippen molar-refractivity contribution in [1.82, 2.24) is 10.2 Å². The van der Waals surface area contributed by atoms with Gasteiger partial charge in [-0.2, -0.15) is 0 Å². The Hall–Kier alpha value is -0.840. The van der Waals surface area contributed by atoms with E-state index in [1.165, 1.54) is 4.90 Å². The van der Waals surface area contributed by atoms with E-state index in [9.17, 15) is 14.0 Å². The normalized spacial score (nSPS) is 22.7. The zero-order chi connectivity index (χ0) is 14.4. The van der Waals surface area contributed by atoms with E-state index < -0.39 is 11.5 Å². The fraction of sp³-hybridized carbons (Fsp3) is 0.846. The number of carbonyl (C=O) groups is 2. The molecule has 1 fully saturated rings. The van der Waals surface area contributed by atoms with E-state index in [1.54, 1.807) is 0 Å². The molecule has 1 rings (SSSR count). The third kappa shape index (κ3) is 4.97. The third-order valence-electron chi connectivity index (χ3n) is 3.40. The summed E-state index contributed by atoms with van der Waals surface area (Å²) in [6.45, 7) is 4.76. The first kappa shape index (κ1) is 16.2. The summed E-state index contributed by atoms with van der Waals surface area (Å²) in [5, 5.41) is 2.94. The van der Waals surface area contributed by atoms with Gasteiger partial charge in [-0.05, 0) is 26.2 Å². The van der Waals surface area contributed by atoms with Crippen molar-refractivity contribution in [3.8, 4) is 0 Å². The average Bonchev–Trinajstić information content (AvgIpc) is 2.38. The highest BCUT2D eigenvalue weighted by Gasteiger charge is 2.31. The van der Waals surface area contributed by atoms with Gasteiger partial charge < -0.3 is 10.2 Å². The lowest BCUT2D eigenvalue weighted by molar-refractivity contribution is -0.137. The van der Waals surface area contributed by atoms with Crippen LogP contribution in [0, 0.1) is 5.92 Å². The molecule has 1 aliphatic heterocycles. The molecule has 0 radical (unpaired) electrons. The molecule has 0 saturated carbocycles. The summed E-state index contributed by atoms with van der Waals surface area (Å²) in [6, 6.07) is 0.130. The van der Waals surface area contributed by atoms with Crippen LogP contribution in [-0.2, 0) is 9.59 Å². The van der Waals surface area contributed by atoms with E-state index in [1.807, 2.05) is 6.92 Å². The Morgan fingerprint density at radius 3 is 2.79 bits per heavy atom. The molecule has 110 valence electrons. The Balaban J connectivity index is 2.50. The lowest BCUT2D eigenvalue weighted by Crippen LogP contribution is -2.48. The predicted octanol–water partition coefficient (Wildman–Crippen LogP) is 2.06. The SMILES string of the molecule is CCCC(C)NC(=O)C1CCCN(C(=O)C(F)Cl)C1. The van der Waals surface area contributed by atoms with Crippen molar-refractivity contribution < 1.29 is 14.0 Å². The number of nitrogens with zero attached hydrogens (tertiary/aromatic N) is 1. The average molecular weight is 293 g/mol. The second kappa shape index (κ2) is 7.68. The molecular weight excluding hydrogens is 271 g/mol. The van der Waals surface area contributed by atoms with Gasteiger partial charge in [0.1, 0.15) is 0 Å². The van der Waals surface area contributed by atoms with Crippen molar-refractivity contribution >= 4 is 23.4 Å². The molecule has 3 atom stereocenters. The van der Waals surface area contributed by atoms with Crippen LogP contribution in [-0.4, -0.2) is 41.5 Å². The van der Waals surface area contributed by atoms with Crippen molar-refractivity contribution in [1.29, 1.82) is 0 Å². The molecule has 1 N–H and O–H groups in total. The standard InChI is InChI=1S/C13H22ClFN2O2/c1-3-5-9(2)16-12(18)10-6-4-7-17(8-10)13(19)11(14)15/h9-11H,3-8H2,1-2H3,(H,16,18). The number of halogens is 2. The molecule has 1 heterocycles. The van der Waals surface area contributed by atoms with E-state index in [0.29, 0.717) is 13.0 Å². The number of rotatable bonds is 5. The third-order valence-corrected chi connectivity index (χ3v) is 3.59. The van der Waals surface area contributed by atoms with Crippen LogP contribution in [0.15, 0.2) is 0 Å². The Bertz CT molecular complexity index is 326. The van der Waals surface area contributed by atoms with Gasteiger partial charge in [-0.3, -0.25) is 9.59 Å². The predicted molar refractivity (Wildman–Crippen MR) is 72.6 cm³/mol. The van der Waals surface area contributed by atoms with Crippen LogP contribution in [0.25, 0.3) is 0 Å². The molecule has 0 bridgehead atoms. The summed E-state index contributed by atoms with van der Waals surface area (Å²) < 4.78 is 12.8. The van der Waals surface area contributed by atoms with E-state index in [0.717, 1.165) is 19.3 Å². The monoisotopic (exact) mass is 292 g/mol. The van der Waals surface area contributed by atoms with Crippen molar-refractivity contribution in [2.24, 2.45) is 5.92 Å². The summed E-state index contributed by atoms with van der Waals surface area (Å²) in [4.78, 5) is 24.9. The maximum absolute atomic E-state index is 12.8. The molecular formula is C13H22ClFN2O2. The minimum Gasteiger partial charge on any atom is -0.353 e. The van der Waals surface area contributed by atoms with Gasteiger partial charge in [-0.25, -0.2) is 4.39 Å². The Labute approximate surface area is 118 Å². The molecule has 6 heteroatoms. The number of carbonyl (C=O) groups excluding carboxylic acids is 2. The second-order valence-corrected chi connectivity index (χ2v) is 5.51. The first-order chi connectivity index (χ1) is 8.95. The summed E-state index contributed by atoms with van der Waals surface area (Å²) in [7, 11) is 0. The Morgan fingerprint density at radius 1 is 1.53 bits per heavy atom. The smallest absolute Gasteiger partial charge is 0.272 e. The van der Waals surface area contributed by atoms with Crippen molar-refractivity contribution in [2.45, 2.75) is 51.2 Å². The summed E-state index contributed by atoms with van der Waals surface area (Å²) in [6.07, 6.45) is 3.37. The molecule has 3 unspecified atom stereocenters. The zero-order valence-corrected chi connectivity index (χ0v) is 12.3. The lowest BCUT2D eigenvalue weighted by atomic mass is 9.96. The van der Waals surface area contributed by atoms with Crippen molar-refractivity contribution in [2.75, 3.05) is 13.1 Å². The maximum Gasteiger partial charge on any atom is 0.272 e. The molecule has 19 heavy (non-hydrogen) atoms. The van der Waals surface area contributed by atoms with Crippen LogP contribution in [0.5, 0.6) is 0 Å². The molecule has 1 aliphatic rings. The van der Waals surface area contributed by atoms with Gasteiger partial charge in [0.2, 0.25) is 5.91 Å². The van der Waals surface area contributed by atoms with Gasteiger partial charge >= 0.3 is 0 Å². The number of amides is 2. The van der Waals surface area contributed by atoms with Crippen LogP contribution in [0.1, 0.15) is 39.5 Å². The highest BCUT2D eigenvalue weighted by molar-refractivity contribution is 6.29. The van der Waals surface area contributed by atoms with Crippen LogP contribution in [0.2, 0.25) is 0 Å². The Morgan fingerprint density at radius 2 is 2.21 bits per heavy atom. The number of nitrogens with one attached hydrogen (secondary N) is 1. The summed E-state index contributed by atoms with van der Waals surface area (Å²) in [5.41, 5.74) is -2.01. The largest absolute Gasteiger partial charge is 0.353 e. The number of hydrogen-bond acceptors (Lipinski definition) is 2. The fourth-order valence-corrected chi connectivity index (χ4v) is 2.53. The van der Waals surface area contributed by atoms with Gasteiger partial charge in [-0.1, -0.05) is 24.9 Å². The van der Waals surface area contributed by atoms with Gasteiger partial charge in [0.25, 0.3) is 11.5 Å². The number of piperidine rings is 1. The van der Waals surface area contributed by atoms with Crippen LogP contribution in [0.3, 0.4) is 0 Å². The molecule has 0 aromatic carbocycles. The van der Waals surface area contributed by atoms with Gasteiger partial charge in [0.15, 0.2) is 0 Å². The summed E-state index contributed by atoms with van der Waals surface area (Å²) in [5.74, 6) is -1.04. The topological polar surface area (TPSA) is 49.4 Å². The molecule has 0 spiro atoms. The van der Waals surface area contributed by atoms with E-state index >= 15 is 0 Å². The quantitative estimate of drug-likeness (QED) is 0.789. The van der Waals surface area contributed by atoms with Crippen LogP contribution < -0.4 is 5.32 Å². The molecule has 1 saturated heterocycles. The molecule has 4 nitrogen and oxygen atoms in total. The first-order valence-electron chi connectivity index (χ1n) is 6.83. The van der Waals surface area contributed by atoms with E-state index in [4.69, 9.17) is 11.6 Å². The van der Waals surface area contributed by atoms with Crippen LogP contribution >= 0.6 is 11.6 Å². The zero-order valence-electron chi connectivity index (χ0n) is 11.5. The van der Waals surface area contributed by atoms with Gasteiger partial charge in [0.05, 0.1) is 5.92 Å². The van der Waals surface area contributed by atoms with Gasteiger partial charge in [-0.15, -0.1) is 0 Å². The van der Waals surface area contributed by atoms with Crippen molar-refractivity contribution in [3.63, 3.8) is 0 Å². The molecule has 0 aromatic heterocycles. The van der Waals surface area contributed by atoms with Crippen molar-refractivity contribution in [3.05, 3.63) is 0 Å². The highest BCUT2D eigenvalue weighted by atomic mass is 35.5. The van der Waals surface area contributed by atoms with E-state index in [2.05, 4.69) is 12.2 Å². The number of hydrogen-bond donors (Lipinski definition) is 1. The molecule has 2 amide bonds. The minimum absolute atomic E-state index is 0.0524. The molecule has 0 aliphatic carbocycles. The second-order valence-electron chi connectivity index (χ2n) is 5.12. The Kier molecular flexibility index (Phi) is 6.55. The fourth-order valence-electron chi connectivity index (χ4n) is 2.40. The van der Waals surface area contributed by atoms with Crippen LogP contribution in [0.4, 0.5) is 4.39 Å². The minimum atomic E-state index is -2.01. The molecule has 0 aromatic rings. The number of likely N-dealkylation sites (tertiary alicyclic amines) is 1. The lowest BCUT2D eigenvalue weighted by Gasteiger charge is -2.32.